The van der Waals surface area contributed by atoms with Crippen molar-refractivity contribution >= 4 is 5.91 Å². The molecule has 1 aromatic heterocycles. The highest BCUT2D eigenvalue weighted by atomic mass is 16.3. The van der Waals surface area contributed by atoms with Crippen molar-refractivity contribution in [2.45, 2.75) is 45.6 Å². The van der Waals surface area contributed by atoms with E-state index in [2.05, 4.69) is 11.1 Å². The van der Waals surface area contributed by atoms with Crippen molar-refractivity contribution in [3.8, 4) is 0 Å². The predicted molar refractivity (Wildman–Crippen MR) is 82.7 cm³/mol. The van der Waals surface area contributed by atoms with Crippen molar-refractivity contribution in [2.75, 3.05) is 13.1 Å². The molecule has 4 heteroatoms. The molecule has 1 atom stereocenters. The zero-order valence-corrected chi connectivity index (χ0v) is 13.0. The molecule has 4 nitrogen and oxygen atoms in total. The Balaban J connectivity index is 1.79. The van der Waals surface area contributed by atoms with Crippen LogP contribution < -0.4 is 0 Å². The Bertz CT molecular complexity index is 439. The van der Waals surface area contributed by atoms with Crippen LogP contribution in [0.4, 0.5) is 0 Å². The van der Waals surface area contributed by atoms with Gasteiger partial charge >= 0.3 is 0 Å². The average molecular weight is 290 g/mol. The van der Waals surface area contributed by atoms with E-state index in [1.807, 2.05) is 31.0 Å². The number of likely N-dealkylation sites (tertiary alicyclic amines) is 1. The van der Waals surface area contributed by atoms with Crippen LogP contribution >= 0.6 is 0 Å². The van der Waals surface area contributed by atoms with Crippen molar-refractivity contribution in [1.82, 2.24) is 9.88 Å². The molecule has 0 spiro atoms. The smallest absolute Gasteiger partial charge is 0.251 e. The summed E-state index contributed by atoms with van der Waals surface area (Å²) in [5, 5.41) is 9.94. The first-order valence-electron chi connectivity index (χ1n) is 7.92. The van der Waals surface area contributed by atoms with Gasteiger partial charge < -0.3 is 10.0 Å². The third kappa shape index (κ3) is 4.81. The lowest BCUT2D eigenvalue weighted by atomic mass is 9.90. The van der Waals surface area contributed by atoms with Crippen LogP contribution in [0.2, 0.25) is 0 Å². The number of carbonyl (C=O) groups excluding carboxylic acids is 1. The fourth-order valence-corrected chi connectivity index (χ4v) is 2.97. The first kappa shape index (κ1) is 16.0. The first-order valence-corrected chi connectivity index (χ1v) is 7.92. The van der Waals surface area contributed by atoms with E-state index in [1.165, 1.54) is 5.56 Å². The molecule has 0 bridgehead atoms. The summed E-state index contributed by atoms with van der Waals surface area (Å²) in [6.45, 7) is 5.57. The maximum absolute atomic E-state index is 12.2. The molecule has 0 aliphatic carbocycles. The molecule has 1 saturated heterocycles. The lowest BCUT2D eigenvalue weighted by Gasteiger charge is -2.33. The number of hydrogen-bond acceptors (Lipinski definition) is 3. The number of pyridine rings is 1. The van der Waals surface area contributed by atoms with Crippen molar-refractivity contribution < 1.29 is 9.90 Å². The molecular weight excluding hydrogens is 264 g/mol. The Morgan fingerprint density at radius 1 is 1.43 bits per heavy atom. The summed E-state index contributed by atoms with van der Waals surface area (Å²) in [6, 6.07) is 4.08. The summed E-state index contributed by atoms with van der Waals surface area (Å²) >= 11 is 0. The highest BCUT2D eigenvalue weighted by Crippen LogP contribution is 2.22. The normalized spacial score (nSPS) is 18.0. The highest BCUT2D eigenvalue weighted by molar-refractivity contribution is 5.80. The molecule has 2 rings (SSSR count). The second-order valence-corrected chi connectivity index (χ2v) is 6.48. The minimum atomic E-state index is -0.833. The van der Waals surface area contributed by atoms with Gasteiger partial charge in [-0.15, -0.1) is 0 Å². The quantitative estimate of drug-likeness (QED) is 0.905. The fraction of sp³-hybridized carbons (Fsp3) is 0.647. The van der Waals surface area contributed by atoms with E-state index in [0.29, 0.717) is 18.3 Å². The molecule has 21 heavy (non-hydrogen) atoms. The molecule has 1 fully saturated rings. The number of carbonyl (C=O) groups is 1. The van der Waals surface area contributed by atoms with Crippen molar-refractivity contribution in [2.24, 2.45) is 11.8 Å². The van der Waals surface area contributed by atoms with E-state index < -0.39 is 6.10 Å². The van der Waals surface area contributed by atoms with Crippen LogP contribution in [0.25, 0.3) is 0 Å². The van der Waals surface area contributed by atoms with Crippen LogP contribution in [0.15, 0.2) is 24.5 Å². The van der Waals surface area contributed by atoms with Gasteiger partial charge in [0.1, 0.15) is 6.10 Å². The van der Waals surface area contributed by atoms with E-state index >= 15 is 0 Å². The number of nitrogens with zero attached hydrogens (tertiary/aromatic N) is 2. The molecule has 1 aliphatic heterocycles. The Morgan fingerprint density at radius 3 is 2.71 bits per heavy atom. The van der Waals surface area contributed by atoms with Gasteiger partial charge in [-0.25, -0.2) is 0 Å². The standard InChI is InChI=1S/C17H26N2O2/c1-13(2)10-16(20)17(21)19-8-5-14(6-9-19)11-15-4-3-7-18-12-15/h3-4,7,12-14,16,20H,5-6,8-11H2,1-2H3/t16-/m1/s1. The topological polar surface area (TPSA) is 53.4 Å². The van der Waals surface area contributed by atoms with E-state index in [9.17, 15) is 9.90 Å². The zero-order valence-electron chi connectivity index (χ0n) is 13.0. The number of aliphatic hydroxyl groups is 1. The van der Waals surface area contributed by atoms with Crippen LogP contribution in [-0.4, -0.2) is 40.1 Å². The summed E-state index contributed by atoms with van der Waals surface area (Å²) in [6.07, 6.45) is 6.48. The maximum atomic E-state index is 12.2. The third-order valence-corrected chi connectivity index (χ3v) is 4.15. The molecule has 0 unspecified atom stereocenters. The number of rotatable bonds is 5. The van der Waals surface area contributed by atoms with Gasteiger partial charge in [0, 0.05) is 25.5 Å². The van der Waals surface area contributed by atoms with Crippen LogP contribution in [0.1, 0.15) is 38.7 Å². The molecule has 2 heterocycles. The van der Waals surface area contributed by atoms with Crippen LogP contribution in [-0.2, 0) is 11.2 Å². The number of aliphatic hydroxyl groups excluding tert-OH is 1. The van der Waals surface area contributed by atoms with Crippen molar-refractivity contribution in [3.63, 3.8) is 0 Å². The van der Waals surface area contributed by atoms with E-state index in [-0.39, 0.29) is 5.91 Å². The van der Waals surface area contributed by atoms with Gasteiger partial charge in [-0.1, -0.05) is 19.9 Å². The number of aromatic nitrogens is 1. The van der Waals surface area contributed by atoms with Gasteiger partial charge in [-0.2, -0.15) is 0 Å². The second kappa shape index (κ2) is 7.55. The molecule has 1 N–H and O–H groups in total. The third-order valence-electron chi connectivity index (χ3n) is 4.15. The zero-order chi connectivity index (χ0) is 15.2. The molecule has 0 saturated carbocycles. The highest BCUT2D eigenvalue weighted by Gasteiger charge is 2.27. The largest absolute Gasteiger partial charge is 0.383 e. The van der Waals surface area contributed by atoms with E-state index in [1.54, 1.807) is 6.20 Å². The summed E-state index contributed by atoms with van der Waals surface area (Å²) in [5.41, 5.74) is 1.27. The molecule has 116 valence electrons. The van der Waals surface area contributed by atoms with Crippen LogP contribution in [0, 0.1) is 11.8 Å². The fourth-order valence-electron chi connectivity index (χ4n) is 2.97. The summed E-state index contributed by atoms with van der Waals surface area (Å²) in [4.78, 5) is 18.1. The van der Waals surface area contributed by atoms with E-state index in [0.717, 1.165) is 32.4 Å². The van der Waals surface area contributed by atoms with Gasteiger partial charge in [-0.05, 0) is 49.1 Å². The van der Waals surface area contributed by atoms with E-state index in [4.69, 9.17) is 0 Å². The summed E-state index contributed by atoms with van der Waals surface area (Å²) < 4.78 is 0. The van der Waals surface area contributed by atoms with Crippen molar-refractivity contribution in [1.29, 1.82) is 0 Å². The molecule has 0 radical (unpaired) electrons. The van der Waals surface area contributed by atoms with Crippen molar-refractivity contribution in [3.05, 3.63) is 30.1 Å². The Labute approximate surface area is 127 Å². The maximum Gasteiger partial charge on any atom is 0.251 e. The van der Waals surface area contributed by atoms with Gasteiger partial charge in [0.15, 0.2) is 0 Å². The van der Waals surface area contributed by atoms with Gasteiger partial charge in [0.25, 0.3) is 5.91 Å². The molecule has 0 aromatic carbocycles. The molecule has 1 aliphatic rings. The molecular formula is C17H26N2O2. The van der Waals surface area contributed by atoms with Gasteiger partial charge in [-0.3, -0.25) is 9.78 Å². The number of piperidine rings is 1. The minimum absolute atomic E-state index is 0.0940. The lowest BCUT2D eigenvalue weighted by molar-refractivity contribution is -0.142. The summed E-state index contributed by atoms with van der Waals surface area (Å²) in [5.74, 6) is 0.857. The minimum Gasteiger partial charge on any atom is -0.383 e. The molecule has 1 aromatic rings. The Morgan fingerprint density at radius 2 is 2.14 bits per heavy atom. The predicted octanol–water partition coefficient (Wildman–Crippen LogP) is 2.27. The van der Waals surface area contributed by atoms with Crippen LogP contribution in [0.5, 0.6) is 0 Å². The molecule has 1 amide bonds. The Hall–Kier alpha value is -1.42. The second-order valence-electron chi connectivity index (χ2n) is 6.48. The SMILES string of the molecule is CC(C)C[C@@H](O)C(=O)N1CCC(Cc2cccnc2)CC1. The average Bonchev–Trinajstić information content (AvgIpc) is 2.47. The summed E-state index contributed by atoms with van der Waals surface area (Å²) in [7, 11) is 0. The first-order chi connectivity index (χ1) is 10.1. The monoisotopic (exact) mass is 290 g/mol. The van der Waals surface area contributed by atoms with Gasteiger partial charge in [0.05, 0.1) is 0 Å². The Kier molecular flexibility index (Phi) is 5.74. The van der Waals surface area contributed by atoms with Gasteiger partial charge in [0.2, 0.25) is 0 Å². The number of amides is 1. The van der Waals surface area contributed by atoms with Crippen LogP contribution in [0.3, 0.4) is 0 Å². The number of hydrogen-bond donors (Lipinski definition) is 1. The lowest BCUT2D eigenvalue weighted by Crippen LogP contribution is -2.44.